The standard InChI is InChI=1S/C25H22N8O3/c1-3-35-18-11-6-10-17(14-18)22-21(28-32-33(22)24-23(26)30-36-31-24)25(34)29-27-15(2)19-13-7-9-16-8-4-5-12-20(16)19/h4-14H,3H2,1-2H3,(H2,26,30)(H,29,34)/b27-15-. The molecular weight excluding hydrogens is 460 g/mol. The highest BCUT2D eigenvalue weighted by Crippen LogP contribution is 2.29. The van der Waals surface area contributed by atoms with E-state index in [2.05, 4.69) is 31.2 Å². The van der Waals surface area contributed by atoms with Crippen LogP contribution in [0, 0.1) is 0 Å². The van der Waals surface area contributed by atoms with Crippen molar-refractivity contribution in [2.45, 2.75) is 13.8 Å². The molecule has 180 valence electrons. The third-order valence-corrected chi connectivity index (χ3v) is 5.50. The number of nitrogens with one attached hydrogen (secondary N) is 1. The molecule has 0 aliphatic carbocycles. The molecule has 0 radical (unpaired) electrons. The van der Waals surface area contributed by atoms with Gasteiger partial charge in [0.2, 0.25) is 11.6 Å². The summed E-state index contributed by atoms with van der Waals surface area (Å²) in [6, 6.07) is 21.1. The second-order valence-corrected chi connectivity index (χ2v) is 7.80. The number of aromatic nitrogens is 5. The lowest BCUT2D eigenvalue weighted by molar-refractivity contribution is 0.0950. The van der Waals surface area contributed by atoms with Gasteiger partial charge in [0.1, 0.15) is 11.4 Å². The van der Waals surface area contributed by atoms with Crippen LogP contribution in [0.1, 0.15) is 29.9 Å². The number of fused-ring (bicyclic) bond motifs is 1. The largest absolute Gasteiger partial charge is 0.494 e. The monoisotopic (exact) mass is 482 g/mol. The minimum Gasteiger partial charge on any atom is -0.494 e. The molecule has 0 fully saturated rings. The topological polar surface area (TPSA) is 146 Å². The molecule has 2 heterocycles. The number of anilines is 1. The highest BCUT2D eigenvalue weighted by molar-refractivity contribution is 6.10. The van der Waals surface area contributed by atoms with E-state index in [4.69, 9.17) is 15.1 Å². The van der Waals surface area contributed by atoms with Gasteiger partial charge in [-0.25, -0.2) is 10.1 Å². The minimum atomic E-state index is -0.562. The number of hydrogen-bond acceptors (Lipinski definition) is 9. The molecule has 0 spiro atoms. The first-order valence-electron chi connectivity index (χ1n) is 11.2. The summed E-state index contributed by atoms with van der Waals surface area (Å²) in [6.45, 7) is 4.19. The molecule has 11 nitrogen and oxygen atoms in total. The molecule has 3 aromatic carbocycles. The van der Waals surface area contributed by atoms with Gasteiger partial charge in [-0.1, -0.05) is 59.8 Å². The number of nitrogens with zero attached hydrogens (tertiary/aromatic N) is 6. The summed E-state index contributed by atoms with van der Waals surface area (Å²) in [4.78, 5) is 13.3. The summed E-state index contributed by atoms with van der Waals surface area (Å²) in [5, 5.41) is 22.0. The number of rotatable bonds is 7. The zero-order valence-electron chi connectivity index (χ0n) is 19.5. The highest BCUT2D eigenvalue weighted by Gasteiger charge is 2.25. The van der Waals surface area contributed by atoms with Gasteiger partial charge in [-0.05, 0) is 47.1 Å². The first kappa shape index (κ1) is 22.7. The van der Waals surface area contributed by atoms with E-state index in [-0.39, 0.29) is 17.3 Å². The number of carbonyl (C=O) groups excluding carboxylic acids is 1. The third-order valence-electron chi connectivity index (χ3n) is 5.50. The van der Waals surface area contributed by atoms with Crippen LogP contribution < -0.4 is 15.9 Å². The molecule has 0 aliphatic heterocycles. The zero-order valence-corrected chi connectivity index (χ0v) is 19.5. The maximum Gasteiger partial charge on any atom is 0.294 e. The average molecular weight is 483 g/mol. The third kappa shape index (κ3) is 4.25. The van der Waals surface area contributed by atoms with Gasteiger partial charge >= 0.3 is 0 Å². The zero-order chi connectivity index (χ0) is 25.1. The van der Waals surface area contributed by atoms with Crippen molar-refractivity contribution in [1.82, 2.24) is 30.7 Å². The van der Waals surface area contributed by atoms with Crippen molar-refractivity contribution in [3.8, 4) is 22.8 Å². The van der Waals surface area contributed by atoms with Gasteiger partial charge in [0.15, 0.2) is 5.69 Å². The molecule has 2 aromatic heterocycles. The molecule has 5 rings (SSSR count). The van der Waals surface area contributed by atoms with Crippen LogP contribution in [-0.2, 0) is 0 Å². The molecule has 0 saturated carbocycles. The van der Waals surface area contributed by atoms with Crippen LogP contribution in [0.5, 0.6) is 5.75 Å². The number of ether oxygens (including phenoxy) is 1. The molecule has 36 heavy (non-hydrogen) atoms. The van der Waals surface area contributed by atoms with Crippen LogP contribution in [0.2, 0.25) is 0 Å². The number of nitrogen functional groups attached to an aromatic ring is 1. The Hall–Kier alpha value is -5.06. The Balaban J connectivity index is 1.53. The van der Waals surface area contributed by atoms with Crippen molar-refractivity contribution in [3.05, 3.63) is 78.0 Å². The van der Waals surface area contributed by atoms with Gasteiger partial charge in [-0.3, -0.25) is 4.79 Å². The Kier molecular flexibility index (Phi) is 6.10. The quantitative estimate of drug-likeness (QED) is 0.264. The Labute approximate surface area is 205 Å². The van der Waals surface area contributed by atoms with Gasteiger partial charge in [-0.15, -0.1) is 5.10 Å². The normalized spacial score (nSPS) is 11.6. The first-order valence-corrected chi connectivity index (χ1v) is 11.2. The number of benzene rings is 3. The molecule has 0 unspecified atom stereocenters. The van der Waals surface area contributed by atoms with Gasteiger partial charge in [0, 0.05) is 11.1 Å². The molecule has 0 bridgehead atoms. The number of amides is 1. The van der Waals surface area contributed by atoms with E-state index in [1.165, 1.54) is 4.68 Å². The fourth-order valence-corrected chi connectivity index (χ4v) is 3.87. The lowest BCUT2D eigenvalue weighted by atomic mass is 10.0. The lowest BCUT2D eigenvalue weighted by Gasteiger charge is -2.09. The Morgan fingerprint density at radius 2 is 1.92 bits per heavy atom. The van der Waals surface area contributed by atoms with Gasteiger partial charge < -0.3 is 10.5 Å². The van der Waals surface area contributed by atoms with Crippen LogP contribution in [0.3, 0.4) is 0 Å². The molecule has 5 aromatic rings. The van der Waals surface area contributed by atoms with Crippen molar-refractivity contribution in [1.29, 1.82) is 0 Å². The van der Waals surface area contributed by atoms with Crippen molar-refractivity contribution in [3.63, 3.8) is 0 Å². The molecule has 0 saturated heterocycles. The van der Waals surface area contributed by atoms with Crippen LogP contribution in [0.4, 0.5) is 5.82 Å². The fourth-order valence-electron chi connectivity index (χ4n) is 3.87. The van der Waals surface area contributed by atoms with Crippen molar-refractivity contribution >= 4 is 28.2 Å². The van der Waals surface area contributed by atoms with Gasteiger partial charge in [-0.2, -0.15) is 9.78 Å². The SMILES string of the molecule is CCOc1cccc(-c2c(C(=O)N/N=C(/C)c3cccc4ccccc34)nnn2-c2nonc2N)c1. The summed E-state index contributed by atoms with van der Waals surface area (Å²) in [5.74, 6) is 0.158. The molecular formula is C25H22N8O3. The van der Waals surface area contributed by atoms with Gasteiger partial charge in [0.25, 0.3) is 5.91 Å². The van der Waals surface area contributed by atoms with Crippen molar-refractivity contribution in [2.24, 2.45) is 5.10 Å². The number of carbonyl (C=O) groups is 1. The smallest absolute Gasteiger partial charge is 0.294 e. The lowest BCUT2D eigenvalue weighted by Crippen LogP contribution is -2.21. The fraction of sp³-hybridized carbons (Fsp3) is 0.120. The minimum absolute atomic E-state index is 0.00103. The van der Waals surface area contributed by atoms with Gasteiger partial charge in [0.05, 0.1) is 12.3 Å². The Morgan fingerprint density at radius 1 is 1.11 bits per heavy atom. The maximum atomic E-state index is 13.3. The molecule has 0 atom stereocenters. The van der Waals surface area contributed by atoms with Crippen LogP contribution in [-0.4, -0.2) is 43.5 Å². The summed E-state index contributed by atoms with van der Waals surface area (Å²) >= 11 is 0. The second-order valence-electron chi connectivity index (χ2n) is 7.80. The van der Waals surface area contributed by atoms with E-state index in [9.17, 15) is 4.79 Å². The predicted octanol–water partition coefficient (Wildman–Crippen LogP) is 3.61. The van der Waals surface area contributed by atoms with E-state index >= 15 is 0 Å². The van der Waals surface area contributed by atoms with E-state index < -0.39 is 5.91 Å². The number of hydrazone groups is 1. The second kappa shape index (κ2) is 9.66. The van der Waals surface area contributed by atoms with E-state index in [1.807, 2.05) is 62.4 Å². The van der Waals surface area contributed by atoms with Crippen LogP contribution >= 0.6 is 0 Å². The van der Waals surface area contributed by atoms with Crippen LogP contribution in [0.15, 0.2) is 76.5 Å². The molecule has 11 heteroatoms. The van der Waals surface area contributed by atoms with Crippen LogP contribution in [0.25, 0.3) is 27.8 Å². The Bertz CT molecular complexity index is 1580. The summed E-state index contributed by atoms with van der Waals surface area (Å²) in [7, 11) is 0. The highest BCUT2D eigenvalue weighted by atomic mass is 16.6. The summed E-state index contributed by atoms with van der Waals surface area (Å²) in [5.41, 5.74) is 11.0. The molecule has 0 aliphatic rings. The van der Waals surface area contributed by atoms with E-state index in [0.29, 0.717) is 29.3 Å². The Morgan fingerprint density at radius 3 is 2.72 bits per heavy atom. The average Bonchev–Trinajstić information content (AvgIpc) is 3.53. The van der Waals surface area contributed by atoms with Crippen molar-refractivity contribution < 1.29 is 14.2 Å². The maximum absolute atomic E-state index is 13.3. The molecule has 3 N–H and O–H groups in total. The summed E-state index contributed by atoms with van der Waals surface area (Å²) in [6.07, 6.45) is 0. The predicted molar refractivity (Wildman–Crippen MR) is 134 cm³/mol. The van der Waals surface area contributed by atoms with E-state index in [1.54, 1.807) is 18.2 Å². The van der Waals surface area contributed by atoms with E-state index in [0.717, 1.165) is 16.3 Å². The first-order chi connectivity index (χ1) is 17.6. The number of nitrogens with two attached hydrogens (primary N) is 1. The summed E-state index contributed by atoms with van der Waals surface area (Å²) < 4.78 is 11.6. The van der Waals surface area contributed by atoms with Crippen molar-refractivity contribution in [2.75, 3.05) is 12.3 Å². The molecule has 1 amide bonds. The number of hydrogen-bond donors (Lipinski definition) is 2.